The van der Waals surface area contributed by atoms with Crippen molar-refractivity contribution in [1.82, 2.24) is 5.32 Å². The van der Waals surface area contributed by atoms with E-state index >= 15 is 0 Å². The highest BCUT2D eigenvalue weighted by molar-refractivity contribution is 4.81. The Labute approximate surface area is 49.9 Å². The van der Waals surface area contributed by atoms with E-state index in [1.54, 1.807) is 0 Å². The van der Waals surface area contributed by atoms with Crippen molar-refractivity contribution >= 4 is 0 Å². The third-order valence-corrected chi connectivity index (χ3v) is 1.74. The second kappa shape index (κ2) is 2.46. The number of hydrogen-bond donors (Lipinski definition) is 2. The zero-order chi connectivity index (χ0) is 5.98. The van der Waals surface area contributed by atoms with Gasteiger partial charge >= 0.3 is 0 Å². The summed E-state index contributed by atoms with van der Waals surface area (Å²) in [5.74, 6) is 0. The molecule has 0 amide bonds. The van der Waals surface area contributed by atoms with Crippen molar-refractivity contribution in [2.24, 2.45) is 0 Å². The van der Waals surface area contributed by atoms with E-state index in [-0.39, 0.29) is 12.1 Å². The van der Waals surface area contributed by atoms with E-state index in [0.29, 0.717) is 0 Å². The molecule has 1 saturated carbocycles. The normalized spacial score (nSPS) is 38.2. The Morgan fingerprint density at radius 1 is 1.50 bits per heavy atom. The van der Waals surface area contributed by atoms with Crippen LogP contribution in [0.5, 0.6) is 0 Å². The number of nitrogens with one attached hydrogen (secondary N) is 1. The fourth-order valence-corrected chi connectivity index (χ4v) is 1.18. The first kappa shape index (κ1) is 6.05. The van der Waals surface area contributed by atoms with Crippen molar-refractivity contribution in [3.63, 3.8) is 0 Å². The van der Waals surface area contributed by atoms with E-state index in [2.05, 4.69) is 12.4 Å². The maximum atomic E-state index is 9.09. The first-order valence-corrected chi connectivity index (χ1v) is 3.05. The minimum Gasteiger partial charge on any atom is -0.392 e. The average Bonchev–Trinajstić information content (AvgIpc) is 2.14. The fraction of sp³-hybridized carbons (Fsp3) is 0.833. The lowest BCUT2D eigenvalue weighted by atomic mass is 10.2. The Hall–Kier alpha value is -0.0800. The van der Waals surface area contributed by atoms with Gasteiger partial charge in [0.05, 0.1) is 6.10 Å². The molecule has 1 aliphatic carbocycles. The first-order valence-electron chi connectivity index (χ1n) is 3.05. The van der Waals surface area contributed by atoms with Crippen LogP contribution in [-0.4, -0.2) is 17.3 Å². The lowest BCUT2D eigenvalue weighted by molar-refractivity contribution is 0.155. The van der Waals surface area contributed by atoms with Gasteiger partial charge in [-0.15, -0.1) is 0 Å². The lowest BCUT2D eigenvalue weighted by Crippen LogP contribution is -2.30. The van der Waals surface area contributed by atoms with E-state index < -0.39 is 0 Å². The average molecular weight is 114 g/mol. The smallest absolute Gasteiger partial charge is 0.0693 e. The zero-order valence-electron chi connectivity index (χ0n) is 4.93. The zero-order valence-corrected chi connectivity index (χ0v) is 4.93. The number of aliphatic hydroxyl groups excluding tert-OH is 1. The minimum atomic E-state index is -0.146. The number of aliphatic hydroxyl groups is 1. The highest BCUT2D eigenvalue weighted by atomic mass is 16.3. The maximum absolute atomic E-state index is 9.09. The molecule has 0 unspecified atom stereocenters. The van der Waals surface area contributed by atoms with Crippen molar-refractivity contribution in [2.45, 2.75) is 31.4 Å². The largest absolute Gasteiger partial charge is 0.392 e. The third-order valence-electron chi connectivity index (χ3n) is 1.74. The molecule has 1 fully saturated rings. The van der Waals surface area contributed by atoms with Crippen LogP contribution in [0.2, 0.25) is 0 Å². The lowest BCUT2D eigenvalue weighted by Gasteiger charge is -2.11. The van der Waals surface area contributed by atoms with Crippen LogP contribution in [0.25, 0.3) is 0 Å². The molecular weight excluding hydrogens is 102 g/mol. The van der Waals surface area contributed by atoms with Gasteiger partial charge in [-0.3, -0.25) is 0 Å². The molecule has 0 saturated heterocycles. The van der Waals surface area contributed by atoms with Crippen LogP contribution >= 0.6 is 0 Å². The van der Waals surface area contributed by atoms with Gasteiger partial charge in [0.25, 0.3) is 0 Å². The summed E-state index contributed by atoms with van der Waals surface area (Å²) in [5, 5.41) is 11.9. The molecule has 47 valence electrons. The fourth-order valence-electron chi connectivity index (χ4n) is 1.18. The maximum Gasteiger partial charge on any atom is 0.0693 e. The summed E-state index contributed by atoms with van der Waals surface area (Å²) in [4.78, 5) is 0. The molecule has 0 aromatic carbocycles. The van der Waals surface area contributed by atoms with Crippen LogP contribution < -0.4 is 5.32 Å². The Morgan fingerprint density at radius 3 is 2.50 bits per heavy atom. The van der Waals surface area contributed by atoms with Crippen LogP contribution in [0.15, 0.2) is 0 Å². The summed E-state index contributed by atoms with van der Waals surface area (Å²) in [7, 11) is 3.51. The highest BCUT2D eigenvalue weighted by Crippen LogP contribution is 2.17. The SMILES string of the molecule is [CH2]N[C@H]1CCC[C@@H]1O. The van der Waals surface area contributed by atoms with Crippen LogP contribution in [0, 0.1) is 7.05 Å². The molecule has 0 heterocycles. The Balaban J connectivity index is 2.30. The molecule has 2 N–H and O–H groups in total. The molecule has 1 radical (unpaired) electrons. The summed E-state index contributed by atoms with van der Waals surface area (Å²) in [5.41, 5.74) is 0. The van der Waals surface area contributed by atoms with Gasteiger partial charge in [0.1, 0.15) is 0 Å². The summed E-state index contributed by atoms with van der Waals surface area (Å²) in [6.45, 7) is 0. The van der Waals surface area contributed by atoms with Crippen molar-refractivity contribution in [2.75, 3.05) is 0 Å². The molecule has 2 nitrogen and oxygen atoms in total. The second-order valence-corrected chi connectivity index (χ2v) is 2.31. The predicted molar refractivity (Wildman–Crippen MR) is 32.1 cm³/mol. The molecule has 0 aromatic rings. The van der Waals surface area contributed by atoms with E-state index in [0.717, 1.165) is 19.3 Å². The van der Waals surface area contributed by atoms with Crippen molar-refractivity contribution in [3.8, 4) is 0 Å². The van der Waals surface area contributed by atoms with Gasteiger partial charge in [-0.1, -0.05) is 0 Å². The van der Waals surface area contributed by atoms with E-state index in [4.69, 9.17) is 5.11 Å². The van der Waals surface area contributed by atoms with Crippen LogP contribution in [0.1, 0.15) is 19.3 Å². The standard InChI is InChI=1S/C6H12NO/c1-7-5-3-2-4-6(5)8/h5-8H,1-4H2/t5-,6-/m0/s1. The molecule has 1 rings (SSSR count). The number of hydrogen-bond acceptors (Lipinski definition) is 2. The summed E-state index contributed by atoms with van der Waals surface area (Å²) < 4.78 is 0. The van der Waals surface area contributed by atoms with Crippen molar-refractivity contribution in [3.05, 3.63) is 7.05 Å². The molecular formula is C6H12NO. The minimum absolute atomic E-state index is 0.146. The molecule has 0 spiro atoms. The molecule has 8 heavy (non-hydrogen) atoms. The quantitative estimate of drug-likeness (QED) is 0.513. The van der Waals surface area contributed by atoms with Crippen LogP contribution in [0.4, 0.5) is 0 Å². The topological polar surface area (TPSA) is 32.3 Å². The van der Waals surface area contributed by atoms with Gasteiger partial charge in [-0.05, 0) is 19.3 Å². The molecule has 0 aliphatic heterocycles. The van der Waals surface area contributed by atoms with Crippen LogP contribution in [-0.2, 0) is 0 Å². The van der Waals surface area contributed by atoms with E-state index in [1.165, 1.54) is 0 Å². The molecule has 0 aromatic heterocycles. The van der Waals surface area contributed by atoms with E-state index in [9.17, 15) is 0 Å². The summed E-state index contributed by atoms with van der Waals surface area (Å²) in [6.07, 6.45) is 3.00. The van der Waals surface area contributed by atoms with Crippen molar-refractivity contribution in [1.29, 1.82) is 0 Å². The van der Waals surface area contributed by atoms with Gasteiger partial charge in [0.15, 0.2) is 0 Å². The van der Waals surface area contributed by atoms with Gasteiger partial charge in [-0.25, -0.2) is 0 Å². The molecule has 2 heteroatoms. The summed E-state index contributed by atoms with van der Waals surface area (Å²) >= 11 is 0. The highest BCUT2D eigenvalue weighted by Gasteiger charge is 2.22. The van der Waals surface area contributed by atoms with E-state index in [1.807, 2.05) is 0 Å². The van der Waals surface area contributed by atoms with Gasteiger partial charge in [-0.2, -0.15) is 0 Å². The predicted octanol–water partition coefficient (Wildman–Crippen LogP) is 0.281. The number of rotatable bonds is 1. The van der Waals surface area contributed by atoms with Gasteiger partial charge in [0.2, 0.25) is 0 Å². The second-order valence-electron chi connectivity index (χ2n) is 2.31. The Bertz CT molecular complexity index is 74.9. The third kappa shape index (κ3) is 1.01. The van der Waals surface area contributed by atoms with Gasteiger partial charge in [0, 0.05) is 13.1 Å². The molecule has 1 aliphatic rings. The van der Waals surface area contributed by atoms with Crippen molar-refractivity contribution < 1.29 is 5.11 Å². The van der Waals surface area contributed by atoms with Gasteiger partial charge < -0.3 is 10.4 Å². The summed E-state index contributed by atoms with van der Waals surface area (Å²) in [6, 6.07) is 0.259. The Morgan fingerprint density at radius 2 is 2.25 bits per heavy atom. The molecule has 2 atom stereocenters. The first-order chi connectivity index (χ1) is 3.84. The Kier molecular flexibility index (Phi) is 1.86. The van der Waals surface area contributed by atoms with Crippen LogP contribution in [0.3, 0.4) is 0 Å². The monoisotopic (exact) mass is 114 g/mol. The molecule has 0 bridgehead atoms.